The Morgan fingerprint density at radius 2 is 2.29 bits per heavy atom. The number of hydrogen-bond acceptors (Lipinski definition) is 3. The van der Waals surface area contributed by atoms with E-state index in [1.807, 2.05) is 31.2 Å². The van der Waals surface area contributed by atoms with Gasteiger partial charge in [0, 0.05) is 37.0 Å². The highest BCUT2D eigenvalue weighted by atomic mass is 35.5. The van der Waals surface area contributed by atoms with Gasteiger partial charge in [-0.3, -0.25) is 4.79 Å². The van der Waals surface area contributed by atoms with Crippen LogP contribution >= 0.6 is 11.6 Å². The van der Waals surface area contributed by atoms with Crippen LogP contribution in [0.3, 0.4) is 0 Å². The number of rotatable bonds is 6. The van der Waals surface area contributed by atoms with Crippen molar-refractivity contribution in [2.45, 2.75) is 39.2 Å². The number of carbonyl (C=O) groups is 1. The van der Waals surface area contributed by atoms with Crippen LogP contribution in [0, 0.1) is 0 Å². The minimum Gasteiger partial charge on any atom is -0.352 e. The number of carbonyl (C=O) groups excluding carboxylic acids is 1. The number of amides is 1. The number of nitrogens with one attached hydrogen (secondary N) is 1. The van der Waals surface area contributed by atoms with E-state index in [4.69, 9.17) is 11.6 Å². The van der Waals surface area contributed by atoms with E-state index in [9.17, 15) is 4.79 Å². The Morgan fingerprint density at radius 3 is 3.08 bits per heavy atom. The summed E-state index contributed by atoms with van der Waals surface area (Å²) in [6.07, 6.45) is 5.25. The summed E-state index contributed by atoms with van der Waals surface area (Å²) >= 11 is 6.03. The predicted octanol–water partition coefficient (Wildman–Crippen LogP) is 3.03. The van der Waals surface area contributed by atoms with Crippen LogP contribution in [-0.4, -0.2) is 27.2 Å². The van der Waals surface area contributed by atoms with E-state index in [0.29, 0.717) is 18.0 Å². The lowest BCUT2D eigenvalue weighted by molar-refractivity contribution is -0.116. The molecule has 0 fully saturated rings. The average molecular weight is 345 g/mol. The molecule has 1 N–H and O–H groups in total. The number of benzene rings is 1. The van der Waals surface area contributed by atoms with Gasteiger partial charge in [-0.15, -0.1) is 10.2 Å². The highest BCUT2D eigenvalue weighted by molar-refractivity contribution is 6.30. The summed E-state index contributed by atoms with van der Waals surface area (Å²) in [5, 5.41) is 12.0. The first-order valence-corrected chi connectivity index (χ1v) is 8.70. The van der Waals surface area contributed by atoms with Crippen molar-refractivity contribution in [3.8, 4) is 0 Å². The summed E-state index contributed by atoms with van der Waals surface area (Å²) in [5.41, 5.74) is 1.95. The van der Waals surface area contributed by atoms with Gasteiger partial charge < -0.3 is 9.88 Å². The molecule has 1 aliphatic heterocycles. The Kier molecular flexibility index (Phi) is 5.30. The van der Waals surface area contributed by atoms with Crippen LogP contribution in [0.2, 0.25) is 5.02 Å². The molecule has 24 heavy (non-hydrogen) atoms. The van der Waals surface area contributed by atoms with Crippen molar-refractivity contribution in [2.24, 2.45) is 0 Å². The second-order valence-electron chi connectivity index (χ2n) is 5.86. The van der Waals surface area contributed by atoms with Crippen molar-refractivity contribution in [3.63, 3.8) is 0 Å². The number of halogens is 1. The molecule has 0 saturated heterocycles. The molecule has 1 aromatic carbocycles. The van der Waals surface area contributed by atoms with Crippen LogP contribution in [0.4, 0.5) is 0 Å². The number of fused-ring (bicyclic) bond motifs is 1. The summed E-state index contributed by atoms with van der Waals surface area (Å²) in [4.78, 5) is 12.2. The Balaban J connectivity index is 1.57. The lowest BCUT2D eigenvalue weighted by Gasteiger charge is -2.07. The summed E-state index contributed by atoms with van der Waals surface area (Å²) in [7, 11) is 0. The monoisotopic (exact) mass is 344 g/mol. The van der Waals surface area contributed by atoms with Gasteiger partial charge in [-0.2, -0.15) is 0 Å². The van der Waals surface area contributed by atoms with E-state index >= 15 is 0 Å². The summed E-state index contributed by atoms with van der Waals surface area (Å²) in [5.74, 6) is 1.93. The average Bonchev–Trinajstić information content (AvgIpc) is 3.17. The molecule has 0 bridgehead atoms. The number of nitrogens with zero attached hydrogens (tertiary/aromatic N) is 3. The summed E-state index contributed by atoms with van der Waals surface area (Å²) in [6, 6.07) is 7.57. The number of aryl methyl sites for hydroxylation is 1. The topological polar surface area (TPSA) is 59.8 Å². The molecular weight excluding hydrogens is 324 g/mol. The van der Waals surface area contributed by atoms with Gasteiger partial charge in [-0.1, -0.05) is 30.7 Å². The number of hydrogen-bond donors (Lipinski definition) is 1. The Bertz CT molecular complexity index is 766. The lowest BCUT2D eigenvalue weighted by Crippen LogP contribution is -2.25. The maximum Gasteiger partial charge on any atom is 0.244 e. The fourth-order valence-corrected chi connectivity index (χ4v) is 3.17. The standard InChI is InChI=1S/C18H21ClN4O/c1-2-13(14-5-3-6-15(19)11-14)12-18(24)20-9-8-17-22-21-16-7-4-10-23(16)17/h3,5-6,11-12H,2,4,7-10H2,1H3,(H,20,24)/b13-12-. The molecule has 0 spiro atoms. The van der Waals surface area contributed by atoms with Gasteiger partial charge in [-0.25, -0.2) is 0 Å². The van der Waals surface area contributed by atoms with Crippen LogP contribution in [-0.2, 0) is 24.2 Å². The van der Waals surface area contributed by atoms with Gasteiger partial charge in [0.2, 0.25) is 5.91 Å². The summed E-state index contributed by atoms with van der Waals surface area (Å²) < 4.78 is 2.16. The molecule has 0 saturated carbocycles. The van der Waals surface area contributed by atoms with Gasteiger partial charge in [0.05, 0.1) is 0 Å². The van der Waals surface area contributed by atoms with E-state index in [-0.39, 0.29) is 5.91 Å². The van der Waals surface area contributed by atoms with Gasteiger partial charge >= 0.3 is 0 Å². The molecule has 126 valence electrons. The molecule has 1 amide bonds. The zero-order chi connectivity index (χ0) is 16.9. The van der Waals surface area contributed by atoms with Crippen molar-refractivity contribution in [1.82, 2.24) is 20.1 Å². The molecule has 2 aromatic rings. The molecule has 1 aromatic heterocycles. The van der Waals surface area contributed by atoms with Crippen LogP contribution in [0.15, 0.2) is 30.3 Å². The molecular formula is C18H21ClN4O. The predicted molar refractivity (Wildman–Crippen MR) is 94.8 cm³/mol. The van der Waals surface area contributed by atoms with E-state index in [1.54, 1.807) is 6.08 Å². The molecule has 3 rings (SSSR count). The largest absolute Gasteiger partial charge is 0.352 e. The van der Waals surface area contributed by atoms with Crippen molar-refractivity contribution >= 4 is 23.1 Å². The third kappa shape index (κ3) is 3.85. The maximum atomic E-state index is 12.2. The van der Waals surface area contributed by atoms with Crippen molar-refractivity contribution < 1.29 is 4.79 Å². The first-order chi connectivity index (χ1) is 11.7. The van der Waals surface area contributed by atoms with E-state index < -0.39 is 0 Å². The third-order valence-corrected chi connectivity index (χ3v) is 4.45. The SMILES string of the molecule is CC/C(=C/C(=O)NCCc1nnc2n1CCC2)c1cccc(Cl)c1. The number of aromatic nitrogens is 3. The third-order valence-electron chi connectivity index (χ3n) is 4.22. The molecule has 0 atom stereocenters. The minimum atomic E-state index is -0.0898. The number of allylic oxidation sites excluding steroid dienone is 1. The highest BCUT2D eigenvalue weighted by Gasteiger charge is 2.16. The smallest absolute Gasteiger partial charge is 0.244 e. The van der Waals surface area contributed by atoms with E-state index in [0.717, 1.165) is 48.6 Å². The Morgan fingerprint density at radius 1 is 1.42 bits per heavy atom. The molecule has 1 aliphatic rings. The second-order valence-corrected chi connectivity index (χ2v) is 6.30. The van der Waals surface area contributed by atoms with Crippen LogP contribution in [0.5, 0.6) is 0 Å². The first-order valence-electron chi connectivity index (χ1n) is 8.32. The normalized spacial score (nSPS) is 13.8. The highest BCUT2D eigenvalue weighted by Crippen LogP contribution is 2.21. The molecule has 0 unspecified atom stereocenters. The van der Waals surface area contributed by atoms with Crippen LogP contribution in [0.1, 0.15) is 37.0 Å². The second kappa shape index (κ2) is 7.62. The van der Waals surface area contributed by atoms with Gasteiger partial charge in [0.15, 0.2) is 0 Å². The first kappa shape index (κ1) is 16.7. The lowest BCUT2D eigenvalue weighted by atomic mass is 10.0. The molecule has 0 radical (unpaired) electrons. The van der Waals surface area contributed by atoms with E-state index in [1.165, 1.54) is 0 Å². The molecule has 0 aliphatic carbocycles. The molecule has 2 heterocycles. The van der Waals surface area contributed by atoms with Gasteiger partial charge in [0.25, 0.3) is 0 Å². The van der Waals surface area contributed by atoms with Gasteiger partial charge in [0.1, 0.15) is 11.6 Å². The zero-order valence-corrected chi connectivity index (χ0v) is 14.5. The van der Waals surface area contributed by atoms with Crippen LogP contribution in [0.25, 0.3) is 5.57 Å². The zero-order valence-electron chi connectivity index (χ0n) is 13.8. The van der Waals surface area contributed by atoms with Crippen molar-refractivity contribution in [2.75, 3.05) is 6.54 Å². The van der Waals surface area contributed by atoms with Crippen molar-refractivity contribution in [1.29, 1.82) is 0 Å². The fourth-order valence-electron chi connectivity index (χ4n) is 2.98. The van der Waals surface area contributed by atoms with E-state index in [2.05, 4.69) is 20.1 Å². The minimum absolute atomic E-state index is 0.0898. The maximum absolute atomic E-state index is 12.2. The molecule has 5 nitrogen and oxygen atoms in total. The summed E-state index contributed by atoms with van der Waals surface area (Å²) in [6.45, 7) is 3.57. The molecule has 6 heteroatoms. The Hall–Kier alpha value is -2.14. The van der Waals surface area contributed by atoms with Crippen molar-refractivity contribution in [3.05, 3.63) is 52.6 Å². The van der Waals surface area contributed by atoms with Crippen LogP contribution < -0.4 is 5.32 Å². The Labute approximate surface area is 146 Å². The quantitative estimate of drug-likeness (QED) is 0.819. The fraction of sp³-hybridized carbons (Fsp3) is 0.389. The van der Waals surface area contributed by atoms with Gasteiger partial charge in [-0.05, 0) is 36.1 Å².